The first-order chi connectivity index (χ1) is 8.30. The zero-order valence-electron chi connectivity index (χ0n) is 10.1. The second-order valence-corrected chi connectivity index (χ2v) is 3.56. The van der Waals surface area contributed by atoms with Crippen molar-refractivity contribution in [1.29, 1.82) is 0 Å². The van der Waals surface area contributed by atoms with Crippen molar-refractivity contribution < 1.29 is 19.0 Å². The largest absolute Gasteiger partial charge is 0.496 e. The molecule has 0 amide bonds. The van der Waals surface area contributed by atoms with Gasteiger partial charge < -0.3 is 19.0 Å². The SMILES string of the molecule is COc1cc(OC)c(C2CC=NO2)c(OC)c1. The molecule has 1 aromatic rings. The van der Waals surface area contributed by atoms with Crippen LogP contribution >= 0.6 is 0 Å². The van der Waals surface area contributed by atoms with Gasteiger partial charge in [0.2, 0.25) is 0 Å². The van der Waals surface area contributed by atoms with Gasteiger partial charge in [0.1, 0.15) is 17.2 Å². The van der Waals surface area contributed by atoms with Gasteiger partial charge in [-0.25, -0.2) is 0 Å². The summed E-state index contributed by atoms with van der Waals surface area (Å²) in [6, 6.07) is 3.61. The predicted molar refractivity (Wildman–Crippen MR) is 63.0 cm³/mol. The highest BCUT2D eigenvalue weighted by molar-refractivity contribution is 5.62. The highest BCUT2D eigenvalue weighted by atomic mass is 16.6. The van der Waals surface area contributed by atoms with Crippen LogP contribution in [0.25, 0.3) is 0 Å². The third kappa shape index (κ3) is 2.13. The average Bonchev–Trinajstić information content (AvgIpc) is 2.90. The summed E-state index contributed by atoms with van der Waals surface area (Å²) in [6.45, 7) is 0. The van der Waals surface area contributed by atoms with Crippen LogP contribution in [0.5, 0.6) is 17.2 Å². The molecule has 5 heteroatoms. The molecule has 0 bridgehead atoms. The molecule has 0 saturated carbocycles. The fourth-order valence-electron chi connectivity index (χ4n) is 1.82. The van der Waals surface area contributed by atoms with E-state index < -0.39 is 0 Å². The van der Waals surface area contributed by atoms with Crippen LogP contribution in [0.1, 0.15) is 18.1 Å². The summed E-state index contributed by atoms with van der Waals surface area (Å²) in [4.78, 5) is 5.27. The van der Waals surface area contributed by atoms with Crippen LogP contribution in [0.15, 0.2) is 17.3 Å². The Labute approximate surface area is 99.9 Å². The van der Waals surface area contributed by atoms with Gasteiger partial charge in [0.15, 0.2) is 6.10 Å². The predicted octanol–water partition coefficient (Wildman–Crippen LogP) is 2.16. The smallest absolute Gasteiger partial charge is 0.164 e. The molecule has 0 radical (unpaired) electrons. The van der Waals surface area contributed by atoms with Crippen molar-refractivity contribution in [2.75, 3.05) is 21.3 Å². The van der Waals surface area contributed by atoms with E-state index in [0.29, 0.717) is 23.7 Å². The molecule has 2 rings (SSSR count). The molecule has 0 saturated heterocycles. The molecule has 0 spiro atoms. The lowest BCUT2D eigenvalue weighted by Gasteiger charge is -2.18. The Kier molecular flexibility index (Phi) is 3.37. The quantitative estimate of drug-likeness (QED) is 0.805. The van der Waals surface area contributed by atoms with Crippen molar-refractivity contribution in [2.24, 2.45) is 5.16 Å². The van der Waals surface area contributed by atoms with Crippen LogP contribution in [-0.2, 0) is 4.84 Å². The normalized spacial score (nSPS) is 17.7. The van der Waals surface area contributed by atoms with Crippen LogP contribution in [-0.4, -0.2) is 27.5 Å². The molecular formula is C12H15NO4. The number of nitrogens with zero attached hydrogens (tertiary/aromatic N) is 1. The standard InChI is InChI=1S/C12H15NO4/c1-14-8-6-10(15-2)12(11(7-8)16-3)9-4-5-13-17-9/h5-7,9H,4H2,1-3H3. The van der Waals surface area contributed by atoms with E-state index in [4.69, 9.17) is 19.0 Å². The van der Waals surface area contributed by atoms with E-state index in [0.717, 1.165) is 5.56 Å². The van der Waals surface area contributed by atoms with Gasteiger partial charge in [0.05, 0.1) is 26.9 Å². The Balaban J connectivity index is 2.46. The third-order valence-electron chi connectivity index (χ3n) is 2.66. The highest BCUT2D eigenvalue weighted by Gasteiger charge is 2.25. The second-order valence-electron chi connectivity index (χ2n) is 3.56. The molecule has 0 aliphatic carbocycles. The maximum Gasteiger partial charge on any atom is 0.164 e. The third-order valence-corrected chi connectivity index (χ3v) is 2.66. The molecule has 1 aliphatic heterocycles. The number of benzene rings is 1. The zero-order valence-corrected chi connectivity index (χ0v) is 10.1. The van der Waals surface area contributed by atoms with Gasteiger partial charge in [-0.3, -0.25) is 0 Å². The van der Waals surface area contributed by atoms with E-state index in [-0.39, 0.29) is 6.10 Å². The first-order valence-corrected chi connectivity index (χ1v) is 5.27. The number of methoxy groups -OCH3 is 3. The van der Waals surface area contributed by atoms with Gasteiger partial charge in [-0.2, -0.15) is 0 Å². The van der Waals surface area contributed by atoms with Gasteiger partial charge in [-0.05, 0) is 0 Å². The molecule has 1 aliphatic rings. The molecule has 1 heterocycles. The molecule has 5 nitrogen and oxygen atoms in total. The van der Waals surface area contributed by atoms with E-state index in [1.165, 1.54) is 0 Å². The van der Waals surface area contributed by atoms with Crippen molar-refractivity contribution >= 4 is 6.21 Å². The van der Waals surface area contributed by atoms with Crippen LogP contribution in [0.3, 0.4) is 0 Å². The minimum atomic E-state index is -0.161. The van der Waals surface area contributed by atoms with Gasteiger partial charge in [0.25, 0.3) is 0 Å². The summed E-state index contributed by atoms with van der Waals surface area (Å²) in [5.74, 6) is 2.04. The van der Waals surface area contributed by atoms with Crippen molar-refractivity contribution in [1.82, 2.24) is 0 Å². The molecular weight excluding hydrogens is 222 g/mol. The molecule has 17 heavy (non-hydrogen) atoms. The Morgan fingerprint density at radius 1 is 1.12 bits per heavy atom. The fourth-order valence-corrected chi connectivity index (χ4v) is 1.82. The monoisotopic (exact) mass is 237 g/mol. The van der Waals surface area contributed by atoms with Gasteiger partial charge in [0, 0.05) is 24.8 Å². The molecule has 0 N–H and O–H groups in total. The summed E-state index contributed by atoms with van der Waals surface area (Å²) in [5, 5.41) is 3.77. The molecule has 0 fully saturated rings. The lowest BCUT2D eigenvalue weighted by molar-refractivity contribution is 0.0815. The number of rotatable bonds is 4. The Morgan fingerprint density at radius 3 is 2.18 bits per heavy atom. The van der Waals surface area contributed by atoms with Gasteiger partial charge in [-0.1, -0.05) is 5.16 Å². The summed E-state index contributed by atoms with van der Waals surface area (Å²) < 4.78 is 15.9. The molecule has 1 atom stereocenters. The summed E-state index contributed by atoms with van der Waals surface area (Å²) in [7, 11) is 4.81. The van der Waals surface area contributed by atoms with Crippen molar-refractivity contribution in [3.8, 4) is 17.2 Å². The fraction of sp³-hybridized carbons (Fsp3) is 0.417. The molecule has 1 unspecified atom stereocenters. The van der Waals surface area contributed by atoms with E-state index in [1.54, 1.807) is 39.7 Å². The van der Waals surface area contributed by atoms with E-state index >= 15 is 0 Å². The number of oxime groups is 1. The Bertz CT molecular complexity index is 398. The van der Waals surface area contributed by atoms with E-state index in [1.807, 2.05) is 0 Å². The van der Waals surface area contributed by atoms with Crippen molar-refractivity contribution in [3.05, 3.63) is 17.7 Å². The first kappa shape index (κ1) is 11.6. The first-order valence-electron chi connectivity index (χ1n) is 5.27. The maximum absolute atomic E-state index is 5.35. The van der Waals surface area contributed by atoms with Crippen LogP contribution in [0.2, 0.25) is 0 Å². The highest BCUT2D eigenvalue weighted by Crippen LogP contribution is 2.41. The van der Waals surface area contributed by atoms with E-state index in [9.17, 15) is 0 Å². The van der Waals surface area contributed by atoms with Crippen LogP contribution in [0.4, 0.5) is 0 Å². The second kappa shape index (κ2) is 4.95. The van der Waals surface area contributed by atoms with Gasteiger partial charge >= 0.3 is 0 Å². The lowest BCUT2D eigenvalue weighted by Crippen LogP contribution is -2.03. The number of hydrogen-bond donors (Lipinski definition) is 0. The average molecular weight is 237 g/mol. The van der Waals surface area contributed by atoms with Crippen molar-refractivity contribution in [2.45, 2.75) is 12.5 Å². The summed E-state index contributed by atoms with van der Waals surface area (Å²) in [6.07, 6.45) is 2.28. The molecule has 1 aromatic carbocycles. The number of hydrogen-bond acceptors (Lipinski definition) is 5. The minimum Gasteiger partial charge on any atom is -0.496 e. The summed E-state index contributed by atoms with van der Waals surface area (Å²) in [5.41, 5.74) is 0.855. The zero-order chi connectivity index (χ0) is 12.3. The Hall–Kier alpha value is -1.91. The Morgan fingerprint density at radius 2 is 1.76 bits per heavy atom. The molecule has 0 aromatic heterocycles. The van der Waals surface area contributed by atoms with Crippen molar-refractivity contribution in [3.63, 3.8) is 0 Å². The molecule has 92 valence electrons. The van der Waals surface area contributed by atoms with Crippen LogP contribution in [0, 0.1) is 0 Å². The van der Waals surface area contributed by atoms with Crippen LogP contribution < -0.4 is 14.2 Å². The lowest BCUT2D eigenvalue weighted by atomic mass is 10.0. The van der Waals surface area contributed by atoms with Gasteiger partial charge in [-0.15, -0.1) is 0 Å². The minimum absolute atomic E-state index is 0.161. The maximum atomic E-state index is 5.35. The van der Waals surface area contributed by atoms with E-state index in [2.05, 4.69) is 5.16 Å². The topological polar surface area (TPSA) is 49.3 Å². The summed E-state index contributed by atoms with van der Waals surface area (Å²) >= 11 is 0. The number of ether oxygens (including phenoxy) is 3.